The minimum absolute atomic E-state index is 0.0854. The van der Waals surface area contributed by atoms with E-state index in [1.807, 2.05) is 66.7 Å². The maximum Gasteiger partial charge on any atom is 0.321 e. The van der Waals surface area contributed by atoms with Crippen molar-refractivity contribution in [2.45, 2.75) is 24.8 Å². The Morgan fingerprint density at radius 3 is 2.00 bits per heavy atom. The highest BCUT2D eigenvalue weighted by Gasteiger charge is 2.36. The summed E-state index contributed by atoms with van der Waals surface area (Å²) in [4.78, 5) is 24.5. The predicted molar refractivity (Wildman–Crippen MR) is 119 cm³/mol. The lowest BCUT2D eigenvalue weighted by Gasteiger charge is -2.21. The molecule has 1 aliphatic carbocycles. The molecule has 5 heteroatoms. The molecule has 0 radical (unpaired) electrons. The molecule has 3 N–H and O–H groups in total. The molecule has 0 bridgehead atoms. The van der Waals surface area contributed by atoms with Crippen LogP contribution in [0.4, 0.5) is 0 Å². The van der Waals surface area contributed by atoms with Gasteiger partial charge >= 0.3 is 11.9 Å². The summed E-state index contributed by atoms with van der Waals surface area (Å²) >= 11 is 0. The standard InChI is InChI=1S/C26H25NO4/c27-23(15-14-17-8-2-1-3-9-17)24(25(28)29)26(30)31-16-22-20-12-6-4-10-18(20)19-11-5-7-13-21(19)22/h1-13,22-24H,14-16,27H2,(H,28,29). The molecule has 0 aromatic heterocycles. The second kappa shape index (κ2) is 9.14. The average Bonchev–Trinajstić information content (AvgIpc) is 3.11. The van der Waals surface area contributed by atoms with E-state index in [2.05, 4.69) is 12.1 Å². The average molecular weight is 415 g/mol. The van der Waals surface area contributed by atoms with Crippen molar-refractivity contribution in [3.05, 3.63) is 95.6 Å². The van der Waals surface area contributed by atoms with E-state index in [1.54, 1.807) is 0 Å². The van der Waals surface area contributed by atoms with Gasteiger partial charge in [-0.25, -0.2) is 0 Å². The third kappa shape index (κ3) is 4.37. The molecule has 0 amide bonds. The zero-order valence-electron chi connectivity index (χ0n) is 17.1. The second-order valence-electron chi connectivity index (χ2n) is 7.86. The third-order valence-corrected chi connectivity index (χ3v) is 5.91. The van der Waals surface area contributed by atoms with Crippen molar-refractivity contribution in [2.75, 3.05) is 6.61 Å². The molecule has 31 heavy (non-hydrogen) atoms. The van der Waals surface area contributed by atoms with Gasteiger partial charge in [-0.1, -0.05) is 78.9 Å². The first-order valence-corrected chi connectivity index (χ1v) is 10.4. The molecule has 3 aromatic carbocycles. The molecule has 0 saturated heterocycles. The molecule has 4 rings (SSSR count). The predicted octanol–water partition coefficient (Wildman–Crippen LogP) is 4.00. The van der Waals surface area contributed by atoms with Gasteiger partial charge in [-0.3, -0.25) is 9.59 Å². The van der Waals surface area contributed by atoms with E-state index in [4.69, 9.17) is 10.5 Å². The number of benzene rings is 3. The number of nitrogens with two attached hydrogens (primary N) is 1. The number of aliphatic carboxylic acids is 1. The van der Waals surface area contributed by atoms with E-state index in [0.29, 0.717) is 12.8 Å². The lowest BCUT2D eigenvalue weighted by atomic mass is 9.94. The number of ether oxygens (including phenoxy) is 1. The Kier molecular flexibility index (Phi) is 6.14. The van der Waals surface area contributed by atoms with Gasteiger partial charge in [-0.15, -0.1) is 0 Å². The van der Waals surface area contributed by atoms with Crippen molar-refractivity contribution in [2.24, 2.45) is 11.7 Å². The fraction of sp³-hybridized carbons (Fsp3) is 0.231. The van der Waals surface area contributed by atoms with Crippen LogP contribution in [-0.2, 0) is 20.7 Å². The molecule has 2 atom stereocenters. The number of hydrogen-bond acceptors (Lipinski definition) is 4. The van der Waals surface area contributed by atoms with Crippen LogP contribution in [0, 0.1) is 5.92 Å². The van der Waals surface area contributed by atoms with E-state index in [1.165, 1.54) is 0 Å². The largest absolute Gasteiger partial charge is 0.481 e. The number of fused-ring (bicyclic) bond motifs is 3. The molecule has 0 fully saturated rings. The van der Waals surface area contributed by atoms with Gasteiger partial charge in [0.2, 0.25) is 0 Å². The molecular formula is C26H25NO4. The Morgan fingerprint density at radius 2 is 1.42 bits per heavy atom. The van der Waals surface area contributed by atoms with Crippen LogP contribution in [0.15, 0.2) is 78.9 Å². The van der Waals surface area contributed by atoms with Gasteiger partial charge in [0.05, 0.1) is 0 Å². The van der Waals surface area contributed by atoms with Crippen molar-refractivity contribution in [1.82, 2.24) is 0 Å². The fourth-order valence-electron chi connectivity index (χ4n) is 4.30. The Labute approximate surface area is 181 Å². The molecule has 158 valence electrons. The van der Waals surface area contributed by atoms with Gasteiger partial charge in [0.1, 0.15) is 6.61 Å². The van der Waals surface area contributed by atoms with E-state index in [9.17, 15) is 14.7 Å². The van der Waals surface area contributed by atoms with Crippen LogP contribution >= 0.6 is 0 Å². The van der Waals surface area contributed by atoms with Gasteiger partial charge < -0.3 is 15.6 Å². The summed E-state index contributed by atoms with van der Waals surface area (Å²) in [6.45, 7) is 0.0854. The maximum absolute atomic E-state index is 12.7. The normalized spacial score (nSPS) is 14.4. The fourth-order valence-corrected chi connectivity index (χ4v) is 4.30. The summed E-state index contributed by atoms with van der Waals surface area (Å²) in [5.41, 5.74) is 11.6. The number of aryl methyl sites for hydroxylation is 1. The van der Waals surface area contributed by atoms with Gasteiger partial charge in [0.25, 0.3) is 0 Å². The lowest BCUT2D eigenvalue weighted by molar-refractivity contribution is -0.159. The van der Waals surface area contributed by atoms with Gasteiger partial charge in [0, 0.05) is 12.0 Å². The van der Waals surface area contributed by atoms with Crippen LogP contribution in [-0.4, -0.2) is 29.7 Å². The van der Waals surface area contributed by atoms with Crippen LogP contribution < -0.4 is 5.73 Å². The maximum atomic E-state index is 12.7. The smallest absolute Gasteiger partial charge is 0.321 e. The van der Waals surface area contributed by atoms with Gasteiger partial charge in [-0.2, -0.15) is 0 Å². The molecule has 5 nitrogen and oxygen atoms in total. The van der Waals surface area contributed by atoms with Crippen LogP contribution in [0.3, 0.4) is 0 Å². The quantitative estimate of drug-likeness (QED) is 0.429. The zero-order chi connectivity index (χ0) is 21.8. The number of carbonyl (C=O) groups is 2. The molecule has 0 heterocycles. The van der Waals surface area contributed by atoms with Gasteiger partial charge in [0.15, 0.2) is 5.92 Å². The minimum atomic E-state index is -1.39. The highest BCUT2D eigenvalue weighted by molar-refractivity contribution is 5.95. The first kappa shape index (κ1) is 20.8. The minimum Gasteiger partial charge on any atom is -0.481 e. The molecule has 0 aliphatic heterocycles. The van der Waals surface area contributed by atoms with E-state index in [-0.39, 0.29) is 12.5 Å². The molecule has 3 aromatic rings. The highest BCUT2D eigenvalue weighted by atomic mass is 16.5. The summed E-state index contributed by atoms with van der Waals surface area (Å²) in [7, 11) is 0. The second-order valence-corrected chi connectivity index (χ2v) is 7.86. The number of esters is 1. The lowest BCUT2D eigenvalue weighted by Crippen LogP contribution is -2.42. The van der Waals surface area contributed by atoms with Crippen molar-refractivity contribution in [1.29, 1.82) is 0 Å². The molecular weight excluding hydrogens is 390 g/mol. The van der Waals surface area contributed by atoms with Crippen LogP contribution in [0.5, 0.6) is 0 Å². The monoisotopic (exact) mass is 415 g/mol. The number of carboxylic acid groups (broad SMARTS) is 1. The van der Waals surface area contributed by atoms with E-state index < -0.39 is 23.9 Å². The summed E-state index contributed by atoms with van der Waals surface area (Å²) in [6.07, 6.45) is 0.980. The Bertz CT molecular complexity index is 1030. The molecule has 0 saturated carbocycles. The number of rotatable bonds is 8. The zero-order valence-corrected chi connectivity index (χ0v) is 17.1. The third-order valence-electron chi connectivity index (χ3n) is 5.91. The van der Waals surface area contributed by atoms with Crippen LogP contribution in [0.2, 0.25) is 0 Å². The highest BCUT2D eigenvalue weighted by Crippen LogP contribution is 2.44. The molecule has 0 spiro atoms. The van der Waals surface area contributed by atoms with Gasteiger partial charge in [-0.05, 0) is 40.7 Å². The summed E-state index contributed by atoms with van der Waals surface area (Å²) in [5.74, 6) is -3.55. The SMILES string of the molecule is NC(CCc1ccccc1)C(C(=O)O)C(=O)OCC1c2ccccc2-c2ccccc21. The van der Waals surface area contributed by atoms with Crippen LogP contribution in [0.25, 0.3) is 11.1 Å². The van der Waals surface area contributed by atoms with E-state index >= 15 is 0 Å². The van der Waals surface area contributed by atoms with Crippen LogP contribution in [0.1, 0.15) is 29.0 Å². The summed E-state index contributed by atoms with van der Waals surface area (Å²) < 4.78 is 5.54. The Balaban J connectivity index is 1.44. The first-order valence-electron chi connectivity index (χ1n) is 10.4. The van der Waals surface area contributed by atoms with Crippen molar-refractivity contribution in [3.8, 4) is 11.1 Å². The number of carbonyl (C=O) groups excluding carboxylic acids is 1. The Morgan fingerprint density at radius 1 is 0.871 bits per heavy atom. The summed E-state index contributed by atoms with van der Waals surface area (Å²) in [5, 5.41) is 9.64. The number of carboxylic acids is 1. The van der Waals surface area contributed by atoms with Crippen molar-refractivity contribution >= 4 is 11.9 Å². The number of hydrogen-bond donors (Lipinski definition) is 2. The van der Waals surface area contributed by atoms with Crippen molar-refractivity contribution < 1.29 is 19.4 Å². The van der Waals surface area contributed by atoms with E-state index in [0.717, 1.165) is 27.8 Å². The Hall–Kier alpha value is -3.44. The molecule has 2 unspecified atom stereocenters. The first-order chi connectivity index (χ1) is 15.1. The molecule has 1 aliphatic rings. The summed E-state index contributed by atoms with van der Waals surface area (Å²) in [6, 6.07) is 24.9. The topological polar surface area (TPSA) is 89.6 Å². The van der Waals surface area contributed by atoms with Crippen molar-refractivity contribution in [3.63, 3.8) is 0 Å².